The number of rotatable bonds is 8. The van der Waals surface area contributed by atoms with Crippen LogP contribution in [0.15, 0.2) is 0 Å². The SMILES string of the molecule is CC(=O)N[C@H]1[C@H](O[C@H]2[C@H](O)[C@@H](NC(C)=O)C(O)O[C@@H]2CO)O[C@H](CO)[C@H](O)[C@@H]1O[C@@H]1O[C@@H](C)[C@@H](O)[C@@H](O)[C@@H]1O. The molecule has 3 aliphatic heterocycles. The molecule has 17 heteroatoms. The van der Waals surface area contributed by atoms with Gasteiger partial charge in [-0.25, -0.2) is 0 Å². The van der Waals surface area contributed by atoms with Crippen LogP contribution in [0.2, 0.25) is 0 Å². The van der Waals surface area contributed by atoms with Crippen molar-refractivity contribution in [2.45, 2.75) is 113 Å². The van der Waals surface area contributed by atoms with E-state index in [1.807, 2.05) is 0 Å². The number of carbonyl (C=O) groups is 2. The highest BCUT2D eigenvalue weighted by Gasteiger charge is 2.54. The Kier molecular flexibility index (Phi) is 11.0. The quantitative estimate of drug-likeness (QED) is 0.130. The lowest BCUT2D eigenvalue weighted by atomic mass is 9.94. The molecule has 0 aromatic heterocycles. The van der Waals surface area contributed by atoms with E-state index < -0.39 is 117 Å². The molecule has 3 aliphatic rings. The van der Waals surface area contributed by atoms with Gasteiger partial charge in [0.15, 0.2) is 18.9 Å². The average molecular weight is 571 g/mol. The Morgan fingerprint density at radius 1 is 0.667 bits per heavy atom. The topological polar surface area (TPSA) is 266 Å². The standard InChI is InChI=1S/C22H38N2O15/c1-6-13(29)16(32)17(33)22(35-6)39-19-12(24-8(3)28)21(37-9(4-25)14(19)30)38-18-10(5-26)36-20(34)11(15(18)31)23-7(2)27/h6,9-22,25-26,29-34H,4-5H2,1-3H3,(H,23,27)(H,24,28)/t6-,9+,10+,11+,12+,13+,14-,15+,16+,17-,18+,19+,20?,21-,22-/m0/s1. The molecular weight excluding hydrogens is 532 g/mol. The third kappa shape index (κ3) is 7.02. The fourth-order valence-corrected chi connectivity index (χ4v) is 4.81. The first-order valence-corrected chi connectivity index (χ1v) is 12.4. The average Bonchev–Trinajstić information content (AvgIpc) is 2.87. The smallest absolute Gasteiger partial charge is 0.217 e. The molecule has 0 bridgehead atoms. The maximum absolute atomic E-state index is 12.1. The van der Waals surface area contributed by atoms with Crippen molar-refractivity contribution in [3.05, 3.63) is 0 Å². The van der Waals surface area contributed by atoms with Crippen molar-refractivity contribution in [2.75, 3.05) is 13.2 Å². The molecule has 226 valence electrons. The second kappa shape index (κ2) is 13.4. The van der Waals surface area contributed by atoms with E-state index in [4.69, 9.17) is 23.7 Å². The Bertz CT molecular complexity index is 837. The van der Waals surface area contributed by atoms with E-state index in [1.54, 1.807) is 0 Å². The van der Waals surface area contributed by atoms with Crippen LogP contribution in [-0.2, 0) is 33.3 Å². The highest BCUT2D eigenvalue weighted by atomic mass is 16.7. The Morgan fingerprint density at radius 3 is 1.79 bits per heavy atom. The van der Waals surface area contributed by atoms with Gasteiger partial charge in [0.05, 0.1) is 19.3 Å². The van der Waals surface area contributed by atoms with Crippen molar-refractivity contribution in [3.63, 3.8) is 0 Å². The van der Waals surface area contributed by atoms with E-state index in [9.17, 15) is 50.4 Å². The first kappa shape index (κ1) is 31.9. The Morgan fingerprint density at radius 2 is 1.23 bits per heavy atom. The van der Waals surface area contributed by atoms with Gasteiger partial charge in [-0.3, -0.25) is 9.59 Å². The zero-order chi connectivity index (χ0) is 29.2. The summed E-state index contributed by atoms with van der Waals surface area (Å²) < 4.78 is 28.0. The first-order chi connectivity index (χ1) is 18.3. The number of hydrogen-bond donors (Lipinski definition) is 10. The van der Waals surface area contributed by atoms with Gasteiger partial charge in [0.1, 0.15) is 67.0 Å². The minimum Gasteiger partial charge on any atom is -0.394 e. The largest absolute Gasteiger partial charge is 0.394 e. The van der Waals surface area contributed by atoms with Crippen LogP contribution in [0.1, 0.15) is 20.8 Å². The Balaban J connectivity index is 1.91. The van der Waals surface area contributed by atoms with Crippen molar-refractivity contribution >= 4 is 11.8 Å². The predicted molar refractivity (Wildman–Crippen MR) is 123 cm³/mol. The van der Waals surface area contributed by atoms with E-state index in [2.05, 4.69) is 10.6 Å². The van der Waals surface area contributed by atoms with Gasteiger partial charge in [0, 0.05) is 13.8 Å². The van der Waals surface area contributed by atoms with Crippen LogP contribution >= 0.6 is 0 Å². The van der Waals surface area contributed by atoms with Crippen LogP contribution in [0, 0.1) is 0 Å². The van der Waals surface area contributed by atoms with Crippen molar-refractivity contribution in [2.24, 2.45) is 0 Å². The molecule has 0 aliphatic carbocycles. The summed E-state index contributed by atoms with van der Waals surface area (Å²) in [5.41, 5.74) is 0. The van der Waals surface area contributed by atoms with E-state index in [0.717, 1.165) is 13.8 Å². The lowest BCUT2D eigenvalue weighted by molar-refractivity contribution is -0.356. The molecule has 3 fully saturated rings. The summed E-state index contributed by atoms with van der Waals surface area (Å²) in [5, 5.41) is 87.0. The molecule has 0 aromatic rings. The van der Waals surface area contributed by atoms with Gasteiger partial charge < -0.3 is 75.2 Å². The first-order valence-electron chi connectivity index (χ1n) is 12.4. The van der Waals surface area contributed by atoms with Gasteiger partial charge in [-0.15, -0.1) is 0 Å². The number of aliphatic hydroxyl groups excluding tert-OH is 8. The molecule has 0 radical (unpaired) electrons. The second-order valence-corrected chi connectivity index (χ2v) is 9.79. The van der Waals surface area contributed by atoms with Gasteiger partial charge in [-0.05, 0) is 6.92 Å². The molecule has 2 amide bonds. The number of nitrogens with one attached hydrogen (secondary N) is 2. The number of aliphatic hydroxyl groups is 8. The van der Waals surface area contributed by atoms with Crippen molar-refractivity contribution in [3.8, 4) is 0 Å². The molecule has 0 saturated carbocycles. The molecule has 1 unspecified atom stereocenters. The molecule has 3 heterocycles. The fourth-order valence-electron chi connectivity index (χ4n) is 4.81. The summed E-state index contributed by atoms with van der Waals surface area (Å²) in [7, 11) is 0. The van der Waals surface area contributed by atoms with Gasteiger partial charge in [0.25, 0.3) is 0 Å². The molecular formula is C22H38N2O15. The van der Waals surface area contributed by atoms with Crippen molar-refractivity contribution in [1.29, 1.82) is 0 Å². The number of hydrogen-bond acceptors (Lipinski definition) is 15. The normalized spacial score (nSPS) is 46.9. The summed E-state index contributed by atoms with van der Waals surface area (Å²) in [4.78, 5) is 23.7. The zero-order valence-electron chi connectivity index (χ0n) is 21.5. The third-order valence-corrected chi connectivity index (χ3v) is 6.86. The molecule has 39 heavy (non-hydrogen) atoms. The predicted octanol–water partition coefficient (Wildman–Crippen LogP) is -6.26. The van der Waals surface area contributed by atoms with Crippen molar-refractivity contribution < 1.29 is 74.1 Å². The van der Waals surface area contributed by atoms with Crippen LogP contribution in [-0.4, -0.2) is 158 Å². The lowest BCUT2D eigenvalue weighted by Crippen LogP contribution is -2.70. The third-order valence-electron chi connectivity index (χ3n) is 6.86. The van der Waals surface area contributed by atoms with Crippen LogP contribution in [0.25, 0.3) is 0 Å². The molecule has 0 spiro atoms. The number of amides is 2. The molecule has 17 nitrogen and oxygen atoms in total. The van der Waals surface area contributed by atoms with Gasteiger partial charge in [0.2, 0.25) is 11.8 Å². The maximum atomic E-state index is 12.1. The van der Waals surface area contributed by atoms with E-state index in [0.29, 0.717) is 0 Å². The maximum Gasteiger partial charge on any atom is 0.217 e. The summed E-state index contributed by atoms with van der Waals surface area (Å²) in [5.74, 6) is -1.27. The van der Waals surface area contributed by atoms with Gasteiger partial charge in [-0.2, -0.15) is 0 Å². The van der Waals surface area contributed by atoms with E-state index in [1.165, 1.54) is 6.92 Å². The highest BCUT2D eigenvalue weighted by molar-refractivity contribution is 5.73. The Hall–Kier alpha value is -1.58. The molecule has 15 atom stereocenters. The molecule has 3 saturated heterocycles. The van der Waals surface area contributed by atoms with Crippen LogP contribution in [0.4, 0.5) is 0 Å². The monoisotopic (exact) mass is 570 g/mol. The number of ether oxygens (including phenoxy) is 5. The number of carbonyl (C=O) groups excluding carboxylic acids is 2. The second-order valence-electron chi connectivity index (χ2n) is 9.79. The van der Waals surface area contributed by atoms with Crippen LogP contribution < -0.4 is 10.6 Å². The minimum atomic E-state index is -1.77. The molecule has 10 N–H and O–H groups in total. The summed E-state index contributed by atoms with van der Waals surface area (Å²) in [6.45, 7) is 2.14. The lowest BCUT2D eigenvalue weighted by Gasteiger charge is -2.49. The van der Waals surface area contributed by atoms with E-state index in [-0.39, 0.29) is 0 Å². The van der Waals surface area contributed by atoms with Crippen LogP contribution in [0.5, 0.6) is 0 Å². The van der Waals surface area contributed by atoms with Crippen molar-refractivity contribution in [1.82, 2.24) is 10.6 Å². The minimum absolute atomic E-state index is 0.613. The Labute approximate surface area is 223 Å². The molecule has 0 aromatic carbocycles. The summed E-state index contributed by atoms with van der Waals surface area (Å²) in [6.07, 6.45) is -19.9. The highest BCUT2D eigenvalue weighted by Crippen LogP contribution is 2.32. The summed E-state index contributed by atoms with van der Waals surface area (Å²) in [6, 6.07) is -2.79. The van der Waals surface area contributed by atoms with Gasteiger partial charge in [-0.1, -0.05) is 0 Å². The van der Waals surface area contributed by atoms with Crippen LogP contribution in [0.3, 0.4) is 0 Å². The van der Waals surface area contributed by atoms with Gasteiger partial charge >= 0.3 is 0 Å². The molecule has 3 rings (SSSR count). The fraction of sp³-hybridized carbons (Fsp3) is 0.909. The van der Waals surface area contributed by atoms with E-state index >= 15 is 0 Å². The summed E-state index contributed by atoms with van der Waals surface area (Å²) >= 11 is 0. The zero-order valence-corrected chi connectivity index (χ0v) is 21.5.